The van der Waals surface area contributed by atoms with Gasteiger partial charge in [-0.25, -0.2) is 0 Å². The third-order valence-electron chi connectivity index (χ3n) is 2.92. The van der Waals surface area contributed by atoms with Crippen molar-refractivity contribution in [2.24, 2.45) is 0 Å². The van der Waals surface area contributed by atoms with Crippen LogP contribution in [0.4, 0.5) is 13.2 Å². The lowest BCUT2D eigenvalue weighted by Crippen LogP contribution is -2.27. The van der Waals surface area contributed by atoms with Crippen LogP contribution < -0.4 is 0 Å². The van der Waals surface area contributed by atoms with Gasteiger partial charge in [-0.05, 0) is 31.2 Å². The van der Waals surface area contributed by atoms with Crippen molar-refractivity contribution >= 4 is 11.8 Å². The Kier molecular flexibility index (Phi) is 7.40. The van der Waals surface area contributed by atoms with Gasteiger partial charge in [0.25, 0.3) is 0 Å². The van der Waals surface area contributed by atoms with Crippen molar-refractivity contribution in [3.8, 4) is 0 Å². The second kappa shape index (κ2) is 8.54. The molecule has 114 valence electrons. The minimum Gasteiger partial charge on any atom is -0.396 e. The fraction of sp³-hybridized carbons (Fsp3) is 0.571. The van der Waals surface area contributed by atoms with Crippen LogP contribution in [-0.4, -0.2) is 42.0 Å². The highest BCUT2D eigenvalue weighted by atomic mass is 32.2. The standard InChI is InChI=1S/C14H20F3NOS/c1-2-18(7-4-9-19)8-10-20-13-6-3-5-12(11-13)14(15,16)17/h3,5-6,11,19H,2,4,7-10H2,1H3. The van der Waals surface area contributed by atoms with E-state index in [-0.39, 0.29) is 6.61 Å². The van der Waals surface area contributed by atoms with E-state index >= 15 is 0 Å². The van der Waals surface area contributed by atoms with Crippen molar-refractivity contribution in [2.45, 2.75) is 24.4 Å². The molecule has 1 aromatic carbocycles. The molecule has 6 heteroatoms. The molecule has 20 heavy (non-hydrogen) atoms. The number of aliphatic hydroxyl groups excluding tert-OH is 1. The minimum atomic E-state index is -4.28. The summed E-state index contributed by atoms with van der Waals surface area (Å²) in [5.41, 5.74) is -0.602. The molecule has 0 aromatic heterocycles. The summed E-state index contributed by atoms with van der Waals surface area (Å²) < 4.78 is 37.7. The molecule has 0 aliphatic rings. The predicted molar refractivity (Wildman–Crippen MR) is 76.0 cm³/mol. The van der Waals surface area contributed by atoms with Crippen LogP contribution in [0.25, 0.3) is 0 Å². The SMILES string of the molecule is CCN(CCCO)CCSc1cccc(C(F)(F)F)c1. The summed E-state index contributed by atoms with van der Waals surface area (Å²) in [7, 11) is 0. The van der Waals surface area contributed by atoms with Crippen LogP contribution in [0.3, 0.4) is 0 Å². The highest BCUT2D eigenvalue weighted by Crippen LogP contribution is 2.31. The first kappa shape index (κ1) is 17.3. The van der Waals surface area contributed by atoms with E-state index in [1.165, 1.54) is 23.9 Å². The zero-order chi connectivity index (χ0) is 15.0. The van der Waals surface area contributed by atoms with Crippen LogP contribution in [0.15, 0.2) is 29.2 Å². The van der Waals surface area contributed by atoms with Gasteiger partial charge in [0.1, 0.15) is 0 Å². The molecule has 0 fully saturated rings. The van der Waals surface area contributed by atoms with Gasteiger partial charge in [0.15, 0.2) is 0 Å². The molecule has 0 aliphatic heterocycles. The van der Waals surface area contributed by atoms with E-state index in [1.54, 1.807) is 6.07 Å². The van der Waals surface area contributed by atoms with Crippen LogP contribution in [0, 0.1) is 0 Å². The minimum absolute atomic E-state index is 0.164. The second-order valence-electron chi connectivity index (χ2n) is 4.39. The van der Waals surface area contributed by atoms with E-state index < -0.39 is 11.7 Å². The number of alkyl halides is 3. The summed E-state index contributed by atoms with van der Waals surface area (Å²) in [6.07, 6.45) is -3.56. The summed E-state index contributed by atoms with van der Waals surface area (Å²) in [4.78, 5) is 2.81. The Bertz CT molecular complexity index is 398. The first-order valence-corrected chi connectivity index (χ1v) is 7.59. The highest BCUT2D eigenvalue weighted by molar-refractivity contribution is 7.99. The maximum atomic E-state index is 12.6. The summed E-state index contributed by atoms with van der Waals surface area (Å²) in [5, 5.41) is 8.78. The zero-order valence-corrected chi connectivity index (χ0v) is 12.3. The summed E-state index contributed by atoms with van der Waals surface area (Å²) in [6.45, 7) is 4.69. The van der Waals surface area contributed by atoms with Crippen LogP contribution in [0.1, 0.15) is 18.9 Å². The Morgan fingerprint density at radius 1 is 1.25 bits per heavy atom. The summed E-state index contributed by atoms with van der Waals surface area (Å²) >= 11 is 1.42. The van der Waals surface area contributed by atoms with Crippen molar-refractivity contribution in [2.75, 3.05) is 32.0 Å². The largest absolute Gasteiger partial charge is 0.416 e. The van der Waals surface area contributed by atoms with E-state index in [2.05, 4.69) is 4.90 Å². The Hall–Kier alpha value is -0.720. The van der Waals surface area contributed by atoms with Crippen molar-refractivity contribution in [3.63, 3.8) is 0 Å². The summed E-state index contributed by atoms with van der Waals surface area (Å²) in [6, 6.07) is 5.41. The monoisotopic (exact) mass is 307 g/mol. The van der Waals surface area contributed by atoms with E-state index in [4.69, 9.17) is 5.11 Å². The van der Waals surface area contributed by atoms with Crippen molar-refractivity contribution in [1.29, 1.82) is 0 Å². The molecule has 0 heterocycles. The molecule has 0 aliphatic carbocycles. The number of benzene rings is 1. The molecule has 1 aromatic rings. The van der Waals surface area contributed by atoms with E-state index in [1.807, 2.05) is 6.92 Å². The molecule has 1 N–H and O–H groups in total. The molecule has 0 atom stereocenters. The number of nitrogens with zero attached hydrogens (tertiary/aromatic N) is 1. The molecule has 0 amide bonds. The van der Waals surface area contributed by atoms with Gasteiger partial charge in [0.05, 0.1) is 5.56 Å². The van der Waals surface area contributed by atoms with Crippen LogP contribution >= 0.6 is 11.8 Å². The Morgan fingerprint density at radius 2 is 2.00 bits per heavy atom. The predicted octanol–water partition coefficient (Wildman–Crippen LogP) is 3.50. The third-order valence-corrected chi connectivity index (χ3v) is 3.89. The molecule has 0 radical (unpaired) electrons. The number of rotatable bonds is 8. The quantitative estimate of drug-likeness (QED) is 0.744. The molecular weight excluding hydrogens is 287 g/mol. The van der Waals surface area contributed by atoms with E-state index in [0.29, 0.717) is 4.90 Å². The molecule has 0 saturated carbocycles. The Labute approximate surface area is 122 Å². The van der Waals surface area contributed by atoms with Gasteiger partial charge >= 0.3 is 6.18 Å². The molecule has 0 bridgehead atoms. The second-order valence-corrected chi connectivity index (χ2v) is 5.55. The fourth-order valence-electron chi connectivity index (χ4n) is 1.78. The van der Waals surface area contributed by atoms with Crippen molar-refractivity contribution in [3.05, 3.63) is 29.8 Å². The third kappa shape index (κ3) is 6.15. The lowest BCUT2D eigenvalue weighted by molar-refractivity contribution is -0.137. The van der Waals surface area contributed by atoms with E-state index in [9.17, 15) is 13.2 Å². The first-order chi connectivity index (χ1) is 9.47. The van der Waals surface area contributed by atoms with Crippen LogP contribution in [0.5, 0.6) is 0 Å². The number of aliphatic hydroxyl groups is 1. The lowest BCUT2D eigenvalue weighted by Gasteiger charge is -2.19. The number of thioether (sulfide) groups is 1. The maximum absolute atomic E-state index is 12.6. The van der Waals surface area contributed by atoms with E-state index in [0.717, 1.165) is 37.9 Å². The van der Waals surface area contributed by atoms with Gasteiger partial charge in [0.2, 0.25) is 0 Å². The normalized spacial score (nSPS) is 12.1. The number of hydrogen-bond acceptors (Lipinski definition) is 3. The average Bonchev–Trinajstić information content (AvgIpc) is 2.42. The molecule has 2 nitrogen and oxygen atoms in total. The molecule has 0 spiro atoms. The van der Waals surface area contributed by atoms with Gasteiger partial charge in [-0.1, -0.05) is 13.0 Å². The van der Waals surface area contributed by atoms with Crippen LogP contribution in [-0.2, 0) is 6.18 Å². The highest BCUT2D eigenvalue weighted by Gasteiger charge is 2.30. The molecule has 0 unspecified atom stereocenters. The van der Waals surface area contributed by atoms with Gasteiger partial charge < -0.3 is 10.0 Å². The molecule has 1 rings (SSSR count). The van der Waals surface area contributed by atoms with Crippen molar-refractivity contribution < 1.29 is 18.3 Å². The lowest BCUT2D eigenvalue weighted by atomic mass is 10.2. The number of halogens is 3. The van der Waals surface area contributed by atoms with Gasteiger partial charge in [-0.15, -0.1) is 11.8 Å². The smallest absolute Gasteiger partial charge is 0.396 e. The van der Waals surface area contributed by atoms with Crippen molar-refractivity contribution in [1.82, 2.24) is 4.90 Å². The maximum Gasteiger partial charge on any atom is 0.416 e. The van der Waals surface area contributed by atoms with Crippen LogP contribution in [0.2, 0.25) is 0 Å². The Balaban J connectivity index is 2.45. The first-order valence-electron chi connectivity index (χ1n) is 6.60. The Morgan fingerprint density at radius 3 is 2.60 bits per heavy atom. The fourth-order valence-corrected chi connectivity index (χ4v) is 2.75. The molecular formula is C14H20F3NOS. The number of hydrogen-bond donors (Lipinski definition) is 1. The topological polar surface area (TPSA) is 23.5 Å². The average molecular weight is 307 g/mol. The summed E-state index contributed by atoms with van der Waals surface area (Å²) in [5.74, 6) is 0.737. The van der Waals surface area contributed by atoms with Gasteiger partial charge in [-0.3, -0.25) is 0 Å². The molecule has 0 saturated heterocycles. The van der Waals surface area contributed by atoms with Gasteiger partial charge in [-0.2, -0.15) is 13.2 Å². The van der Waals surface area contributed by atoms with Gasteiger partial charge in [0, 0.05) is 30.3 Å². The zero-order valence-electron chi connectivity index (χ0n) is 11.5.